The van der Waals surface area contributed by atoms with E-state index in [-0.39, 0.29) is 6.10 Å². The van der Waals surface area contributed by atoms with Gasteiger partial charge in [-0.2, -0.15) is 20.1 Å². The van der Waals surface area contributed by atoms with Crippen molar-refractivity contribution >= 4 is 41.1 Å². The lowest BCUT2D eigenvalue weighted by Crippen LogP contribution is -2.45. The molecule has 1 fully saturated rings. The van der Waals surface area contributed by atoms with E-state index >= 15 is 0 Å². The average Bonchev–Trinajstić information content (AvgIpc) is 3.48. The molecule has 166 valence electrons. The van der Waals surface area contributed by atoms with Gasteiger partial charge in [0.2, 0.25) is 11.9 Å². The highest BCUT2D eigenvalue weighted by atomic mass is 35.5. The van der Waals surface area contributed by atoms with Crippen molar-refractivity contribution in [2.75, 3.05) is 43.4 Å². The first-order valence-corrected chi connectivity index (χ1v) is 11.6. The van der Waals surface area contributed by atoms with Crippen molar-refractivity contribution in [3.05, 3.63) is 53.4 Å². The van der Waals surface area contributed by atoms with E-state index in [1.165, 1.54) is 11.8 Å². The predicted octanol–water partition coefficient (Wildman–Crippen LogP) is 3.87. The fourth-order valence-corrected chi connectivity index (χ4v) is 4.34. The van der Waals surface area contributed by atoms with Gasteiger partial charge in [-0.25, -0.2) is 0 Å². The van der Waals surface area contributed by atoms with Crippen molar-refractivity contribution < 1.29 is 4.74 Å². The molecule has 4 heterocycles. The monoisotopic (exact) mass is 470 g/mol. The van der Waals surface area contributed by atoms with Crippen molar-refractivity contribution in [3.8, 4) is 0 Å². The molecule has 2 aliphatic rings. The zero-order chi connectivity index (χ0) is 21.9. The first-order valence-electron chi connectivity index (χ1n) is 10.4. The fraction of sp³-hybridized carbons (Fsp3) is 0.333. The van der Waals surface area contributed by atoms with Crippen LogP contribution in [0, 0.1) is 0 Å². The number of nitrogens with one attached hydrogen (secondary N) is 2. The number of aromatic amines is 1. The maximum Gasteiger partial charge on any atom is 0.234 e. The molecule has 0 aliphatic carbocycles. The van der Waals surface area contributed by atoms with E-state index in [0.29, 0.717) is 27.9 Å². The normalized spacial score (nSPS) is 18.7. The Morgan fingerprint density at radius 3 is 2.69 bits per heavy atom. The summed E-state index contributed by atoms with van der Waals surface area (Å²) in [6.45, 7) is 3.66. The Labute approximate surface area is 195 Å². The molecule has 2 N–H and O–H groups in total. The molecule has 0 spiro atoms. The van der Waals surface area contributed by atoms with Gasteiger partial charge in [-0.05, 0) is 49.2 Å². The van der Waals surface area contributed by atoms with Crippen LogP contribution in [0.1, 0.15) is 18.2 Å². The number of benzene rings is 1. The van der Waals surface area contributed by atoms with Gasteiger partial charge in [0, 0.05) is 48.6 Å². The van der Waals surface area contributed by atoms with Crippen LogP contribution in [0.5, 0.6) is 0 Å². The summed E-state index contributed by atoms with van der Waals surface area (Å²) >= 11 is 7.49. The summed E-state index contributed by atoms with van der Waals surface area (Å²) in [7, 11) is 2.12. The van der Waals surface area contributed by atoms with Crippen molar-refractivity contribution in [1.82, 2.24) is 30.0 Å². The second kappa shape index (κ2) is 9.35. The second-order valence-electron chi connectivity index (χ2n) is 7.65. The zero-order valence-corrected chi connectivity index (χ0v) is 19.1. The van der Waals surface area contributed by atoms with Gasteiger partial charge in [0.1, 0.15) is 6.10 Å². The van der Waals surface area contributed by atoms with Gasteiger partial charge < -0.3 is 19.9 Å². The lowest BCUT2D eigenvalue weighted by Gasteiger charge is -2.32. The summed E-state index contributed by atoms with van der Waals surface area (Å²) in [5.74, 6) is 1.74. The number of halogens is 1. The summed E-state index contributed by atoms with van der Waals surface area (Å²) in [5.41, 5.74) is 0.904. The molecular weight excluding hydrogens is 448 g/mol. The van der Waals surface area contributed by atoms with Crippen molar-refractivity contribution in [2.45, 2.75) is 22.6 Å². The molecule has 32 heavy (non-hydrogen) atoms. The van der Waals surface area contributed by atoms with Crippen molar-refractivity contribution in [1.29, 1.82) is 0 Å². The molecule has 1 atom stereocenters. The Bertz CT molecular complexity index is 1090. The Hall–Kier alpha value is -2.82. The smallest absolute Gasteiger partial charge is 0.234 e. The number of anilines is 3. The molecule has 0 radical (unpaired) electrons. The highest BCUT2D eigenvalue weighted by molar-refractivity contribution is 7.99. The molecule has 0 bridgehead atoms. The third kappa shape index (κ3) is 4.98. The van der Waals surface area contributed by atoms with Crippen LogP contribution in [0.4, 0.5) is 17.7 Å². The van der Waals surface area contributed by atoms with Gasteiger partial charge >= 0.3 is 0 Å². The third-order valence-corrected chi connectivity index (χ3v) is 6.41. The maximum atomic E-state index is 6.02. The summed E-state index contributed by atoms with van der Waals surface area (Å²) in [4.78, 5) is 19.5. The number of aromatic nitrogens is 5. The Kier molecular flexibility index (Phi) is 6.15. The van der Waals surface area contributed by atoms with Crippen LogP contribution in [-0.4, -0.2) is 63.3 Å². The molecule has 2 aliphatic heterocycles. The Balaban J connectivity index is 1.39. The van der Waals surface area contributed by atoms with E-state index in [9.17, 15) is 0 Å². The van der Waals surface area contributed by atoms with Gasteiger partial charge in [0.25, 0.3) is 0 Å². The lowest BCUT2D eigenvalue weighted by molar-refractivity contribution is 0.169. The number of nitrogens with zero attached hydrogens (tertiary/aromatic N) is 6. The molecular formula is C21H23ClN8OS. The van der Waals surface area contributed by atoms with E-state index in [1.54, 1.807) is 6.26 Å². The van der Waals surface area contributed by atoms with Crippen molar-refractivity contribution in [2.24, 2.45) is 0 Å². The standard InChI is InChI=1S/C21H23ClN8OS/c1-29-8-10-30(11-9-29)20-24-19(23-18-13-16(27-28-18)17-3-2-12-31-17)25-21(26-20)32-15-6-4-14(22)5-7-15/h2,4-7,12-13,17H,3,8-11H2,1H3,(H2,23,24,25,26,27,28). The number of likely N-dealkylation sites (N-methyl/N-ethyl adjacent to an activating group) is 1. The molecule has 3 aromatic rings. The average molecular weight is 471 g/mol. The molecule has 5 rings (SSSR count). The van der Waals surface area contributed by atoms with Gasteiger partial charge in [-0.15, -0.1) is 0 Å². The van der Waals surface area contributed by atoms with Crippen LogP contribution in [0.25, 0.3) is 0 Å². The quantitative estimate of drug-likeness (QED) is 0.556. The van der Waals surface area contributed by atoms with Gasteiger partial charge in [0.05, 0.1) is 12.0 Å². The largest absolute Gasteiger partial charge is 0.492 e. The van der Waals surface area contributed by atoms with E-state index in [0.717, 1.165) is 43.2 Å². The minimum absolute atomic E-state index is 0.0340. The van der Waals surface area contributed by atoms with Crippen LogP contribution in [0.15, 0.2) is 52.7 Å². The van der Waals surface area contributed by atoms with Gasteiger partial charge in [-0.3, -0.25) is 5.10 Å². The maximum absolute atomic E-state index is 6.02. The fourth-order valence-electron chi connectivity index (χ4n) is 3.47. The number of rotatable bonds is 6. The molecule has 1 unspecified atom stereocenters. The van der Waals surface area contributed by atoms with Crippen LogP contribution < -0.4 is 10.2 Å². The van der Waals surface area contributed by atoms with Crippen LogP contribution in [0.2, 0.25) is 5.02 Å². The molecule has 0 amide bonds. The van der Waals surface area contributed by atoms with Crippen LogP contribution >= 0.6 is 23.4 Å². The van der Waals surface area contributed by atoms with Crippen LogP contribution in [-0.2, 0) is 4.74 Å². The number of piperazine rings is 1. The molecule has 0 saturated carbocycles. The molecule has 11 heteroatoms. The minimum Gasteiger partial charge on any atom is -0.492 e. The summed E-state index contributed by atoms with van der Waals surface area (Å²) < 4.78 is 5.56. The number of ether oxygens (including phenoxy) is 1. The number of hydrogen-bond acceptors (Lipinski definition) is 9. The van der Waals surface area contributed by atoms with Crippen LogP contribution in [0.3, 0.4) is 0 Å². The molecule has 9 nitrogen and oxygen atoms in total. The minimum atomic E-state index is -0.0340. The summed E-state index contributed by atoms with van der Waals surface area (Å²) in [6, 6.07) is 9.54. The zero-order valence-electron chi connectivity index (χ0n) is 17.5. The first-order chi connectivity index (χ1) is 15.6. The van der Waals surface area contributed by atoms with Gasteiger partial charge in [0.15, 0.2) is 11.0 Å². The van der Waals surface area contributed by atoms with E-state index in [1.807, 2.05) is 36.4 Å². The number of hydrogen-bond donors (Lipinski definition) is 2. The third-order valence-electron chi connectivity index (χ3n) is 5.29. The van der Waals surface area contributed by atoms with E-state index in [2.05, 4.69) is 42.3 Å². The van der Waals surface area contributed by atoms with Gasteiger partial charge in [-0.1, -0.05) is 11.6 Å². The Morgan fingerprint density at radius 2 is 1.94 bits per heavy atom. The topological polar surface area (TPSA) is 95.1 Å². The van der Waals surface area contributed by atoms with Crippen molar-refractivity contribution in [3.63, 3.8) is 0 Å². The SMILES string of the molecule is CN1CCN(c2nc(Nc3cc(C4CC=CO4)[nH]n3)nc(Sc3ccc(Cl)cc3)n2)CC1. The summed E-state index contributed by atoms with van der Waals surface area (Å²) in [5, 5.41) is 11.9. The molecule has 2 aromatic heterocycles. The molecule has 1 aromatic carbocycles. The lowest BCUT2D eigenvalue weighted by atomic mass is 10.2. The Morgan fingerprint density at radius 1 is 1.12 bits per heavy atom. The second-order valence-corrected chi connectivity index (χ2v) is 9.13. The van der Waals surface area contributed by atoms with E-state index in [4.69, 9.17) is 21.3 Å². The highest BCUT2D eigenvalue weighted by Crippen LogP contribution is 2.30. The summed E-state index contributed by atoms with van der Waals surface area (Å²) in [6.07, 6.45) is 4.50. The molecule has 1 saturated heterocycles. The highest BCUT2D eigenvalue weighted by Gasteiger charge is 2.20. The van der Waals surface area contributed by atoms with E-state index < -0.39 is 0 Å². The predicted molar refractivity (Wildman–Crippen MR) is 125 cm³/mol. The number of H-pyrrole nitrogens is 1. The first kappa shape index (κ1) is 21.0.